The Morgan fingerprint density at radius 3 is 0.689 bits per heavy atom. The van der Waals surface area contributed by atoms with Gasteiger partial charge in [0.2, 0.25) is 0 Å². The Kier molecular flexibility index (Phi) is 18.0. The SMILES string of the molecule is O=C(OCCOCC(COCCOC(=O)ON1C(=O)CCC1=O)(COCCOC(=O)ON1C(=O)CCC1=O)COCCOC(=O)ON1C(=O)CCC1=O)ON1C(=O)CCC1=O. The van der Waals surface area contributed by atoms with Crippen molar-refractivity contribution in [3.63, 3.8) is 0 Å². The molecule has 0 bridgehead atoms. The van der Waals surface area contributed by atoms with Gasteiger partial charge in [-0.2, -0.15) is 0 Å². The zero-order chi connectivity index (χ0) is 44.4. The van der Waals surface area contributed by atoms with E-state index in [1.165, 1.54) is 0 Å². The van der Waals surface area contributed by atoms with Crippen molar-refractivity contribution in [2.45, 2.75) is 51.4 Å². The van der Waals surface area contributed by atoms with Crippen LogP contribution in [0.5, 0.6) is 0 Å². The standard InChI is InChI=1S/C33H40N4O24/c38-21-1-2-22(39)34(21)58-29(46)54-13-9-50-17-33(18-51-10-14-55-30(47)59-35-23(40)3-4-24(35)41,19-52-11-15-56-31(48)60-36-25(42)5-6-26(36)43)20-53-12-16-57-32(49)61-37-27(44)7-8-28(37)45/h1-20H2. The maximum Gasteiger partial charge on any atom is 0.534 e. The van der Waals surface area contributed by atoms with Gasteiger partial charge in [-0.15, -0.1) is 0 Å². The predicted molar refractivity (Wildman–Crippen MR) is 180 cm³/mol. The van der Waals surface area contributed by atoms with Crippen LogP contribution < -0.4 is 0 Å². The van der Waals surface area contributed by atoms with E-state index in [1.54, 1.807) is 0 Å². The third-order valence-corrected chi connectivity index (χ3v) is 8.11. The molecule has 0 aliphatic carbocycles. The Morgan fingerprint density at radius 1 is 0.328 bits per heavy atom. The number of carbonyl (C=O) groups excluding carboxylic acids is 12. The average molecular weight is 877 g/mol. The number of amides is 8. The molecule has 61 heavy (non-hydrogen) atoms. The van der Waals surface area contributed by atoms with E-state index in [-0.39, 0.29) is 124 Å². The molecule has 0 N–H and O–H groups in total. The van der Waals surface area contributed by atoms with Gasteiger partial charge in [-0.1, -0.05) is 20.3 Å². The summed E-state index contributed by atoms with van der Waals surface area (Å²) in [7, 11) is 0. The first-order valence-corrected chi connectivity index (χ1v) is 18.3. The van der Waals surface area contributed by atoms with E-state index >= 15 is 0 Å². The van der Waals surface area contributed by atoms with Gasteiger partial charge in [-0.05, 0) is 0 Å². The molecular formula is C33H40N4O24. The molecule has 4 saturated heterocycles. The monoisotopic (exact) mass is 876 g/mol. The Morgan fingerprint density at radius 2 is 0.508 bits per heavy atom. The molecule has 28 heteroatoms. The summed E-state index contributed by atoms with van der Waals surface area (Å²) in [5, 5.41) is 1.11. The lowest BCUT2D eigenvalue weighted by Crippen LogP contribution is -2.43. The van der Waals surface area contributed by atoms with Crippen molar-refractivity contribution in [3.05, 3.63) is 0 Å². The first kappa shape index (κ1) is 47.2. The molecule has 4 fully saturated rings. The predicted octanol–water partition coefficient (Wildman–Crippen LogP) is -1.09. The van der Waals surface area contributed by atoms with E-state index in [9.17, 15) is 57.5 Å². The van der Waals surface area contributed by atoms with Crippen LogP contribution in [0.1, 0.15) is 51.4 Å². The third kappa shape index (κ3) is 14.9. The van der Waals surface area contributed by atoms with Crippen molar-refractivity contribution in [1.29, 1.82) is 0 Å². The minimum Gasteiger partial charge on any atom is -0.430 e. The fourth-order valence-electron chi connectivity index (χ4n) is 5.18. The van der Waals surface area contributed by atoms with Crippen molar-refractivity contribution in [3.8, 4) is 0 Å². The van der Waals surface area contributed by atoms with Gasteiger partial charge in [0.1, 0.15) is 26.4 Å². The molecule has 0 atom stereocenters. The van der Waals surface area contributed by atoms with Crippen LogP contribution in [0.15, 0.2) is 0 Å². The lowest BCUT2D eigenvalue weighted by atomic mass is 9.92. The number of rotatable bonds is 24. The van der Waals surface area contributed by atoms with E-state index in [0.717, 1.165) is 0 Å². The van der Waals surface area contributed by atoms with Crippen molar-refractivity contribution in [2.75, 3.05) is 79.3 Å². The molecule has 0 spiro atoms. The molecule has 336 valence electrons. The lowest BCUT2D eigenvalue weighted by Gasteiger charge is -2.33. The molecule has 4 aliphatic rings. The molecule has 0 aromatic rings. The molecule has 0 saturated carbocycles. The first-order valence-electron chi connectivity index (χ1n) is 18.3. The van der Waals surface area contributed by atoms with E-state index in [2.05, 4.69) is 19.4 Å². The number of hydrogen-bond donors (Lipinski definition) is 0. The molecule has 4 aliphatic heterocycles. The van der Waals surface area contributed by atoms with E-state index in [0.29, 0.717) is 0 Å². The number of nitrogens with zero attached hydrogens (tertiary/aromatic N) is 4. The minimum atomic E-state index is -1.38. The first-order chi connectivity index (χ1) is 29.2. The zero-order valence-corrected chi connectivity index (χ0v) is 32.2. The Hall–Kier alpha value is -6.52. The summed E-state index contributed by atoms with van der Waals surface area (Å²) in [5.74, 6) is -5.89. The number of carbonyl (C=O) groups is 12. The van der Waals surface area contributed by atoms with Crippen LogP contribution in [-0.2, 0) is 95.6 Å². The molecule has 4 rings (SSSR count). The van der Waals surface area contributed by atoms with Crippen molar-refractivity contribution in [2.24, 2.45) is 5.41 Å². The smallest absolute Gasteiger partial charge is 0.430 e. The number of hydrogen-bond acceptors (Lipinski definition) is 24. The van der Waals surface area contributed by atoms with Gasteiger partial charge in [-0.25, -0.2) is 19.2 Å². The zero-order valence-electron chi connectivity index (χ0n) is 32.2. The third-order valence-electron chi connectivity index (χ3n) is 8.11. The van der Waals surface area contributed by atoms with Gasteiger partial charge in [0, 0.05) is 51.4 Å². The van der Waals surface area contributed by atoms with Crippen LogP contribution >= 0.6 is 0 Å². The van der Waals surface area contributed by atoms with Gasteiger partial charge < -0.3 is 37.9 Å². The average Bonchev–Trinajstić information content (AvgIpc) is 3.93. The number of hydroxylamine groups is 8. The Labute approximate surface area is 343 Å². The molecule has 0 radical (unpaired) electrons. The molecule has 0 unspecified atom stereocenters. The number of imide groups is 4. The summed E-state index contributed by atoms with van der Waals surface area (Å²) in [4.78, 5) is 160. The van der Waals surface area contributed by atoms with Gasteiger partial charge in [0.25, 0.3) is 47.3 Å². The van der Waals surface area contributed by atoms with Crippen LogP contribution in [0, 0.1) is 5.41 Å². The van der Waals surface area contributed by atoms with Crippen molar-refractivity contribution < 1.29 is 115 Å². The largest absolute Gasteiger partial charge is 0.534 e. The highest BCUT2D eigenvalue weighted by molar-refractivity contribution is 6.03. The Bertz CT molecular complexity index is 1410. The normalized spacial score (nSPS) is 16.8. The van der Waals surface area contributed by atoms with Gasteiger partial charge >= 0.3 is 24.6 Å². The summed E-state index contributed by atoms with van der Waals surface area (Å²) >= 11 is 0. The minimum absolute atomic E-state index is 0.145. The van der Waals surface area contributed by atoms with Crippen molar-refractivity contribution >= 4 is 71.9 Å². The van der Waals surface area contributed by atoms with E-state index in [1.807, 2.05) is 0 Å². The summed E-state index contributed by atoms with van der Waals surface area (Å²) in [6.07, 6.45) is -6.66. The van der Waals surface area contributed by atoms with Crippen LogP contribution in [0.3, 0.4) is 0 Å². The molecule has 0 aromatic heterocycles. The van der Waals surface area contributed by atoms with Crippen LogP contribution in [-0.4, -0.2) is 171 Å². The maximum atomic E-state index is 12.0. The molecule has 4 heterocycles. The summed E-state index contributed by atoms with van der Waals surface area (Å²) in [6, 6.07) is 0. The molecular weight excluding hydrogens is 836 g/mol. The van der Waals surface area contributed by atoms with Crippen molar-refractivity contribution in [1.82, 2.24) is 20.3 Å². The van der Waals surface area contributed by atoms with Crippen LogP contribution in [0.4, 0.5) is 19.2 Å². The highest BCUT2D eigenvalue weighted by atomic mass is 16.8. The highest BCUT2D eigenvalue weighted by Gasteiger charge is 2.37. The second kappa shape index (κ2) is 23.3. The topological polar surface area (TPSA) is 329 Å². The maximum absolute atomic E-state index is 12.0. The second-order valence-electron chi connectivity index (χ2n) is 12.8. The quantitative estimate of drug-likeness (QED) is 0.0481. The van der Waals surface area contributed by atoms with E-state index in [4.69, 9.17) is 37.9 Å². The second-order valence-corrected chi connectivity index (χ2v) is 12.8. The lowest BCUT2D eigenvalue weighted by molar-refractivity contribution is -0.178. The summed E-state index contributed by atoms with van der Waals surface area (Å²) in [6.45, 7) is -4.46. The van der Waals surface area contributed by atoms with Crippen LogP contribution in [0.2, 0.25) is 0 Å². The van der Waals surface area contributed by atoms with Crippen LogP contribution in [0.25, 0.3) is 0 Å². The number of ether oxygens (including phenoxy) is 8. The molecule has 8 amide bonds. The Balaban J connectivity index is 1.33. The highest BCUT2D eigenvalue weighted by Crippen LogP contribution is 2.22. The molecule has 0 aromatic carbocycles. The fourth-order valence-corrected chi connectivity index (χ4v) is 5.18. The van der Waals surface area contributed by atoms with Gasteiger partial charge in [0.15, 0.2) is 0 Å². The molecule has 28 nitrogen and oxygen atoms in total. The van der Waals surface area contributed by atoms with Gasteiger partial charge in [0.05, 0.1) is 58.3 Å². The van der Waals surface area contributed by atoms with Gasteiger partial charge in [-0.3, -0.25) is 57.7 Å². The fraction of sp³-hybridized carbons (Fsp3) is 0.636. The van der Waals surface area contributed by atoms with E-state index < -0.39 is 104 Å². The summed E-state index contributed by atoms with van der Waals surface area (Å²) in [5.41, 5.74) is -1.35. The summed E-state index contributed by atoms with van der Waals surface area (Å²) < 4.78 is 42.2.